The highest BCUT2D eigenvalue weighted by Gasteiger charge is 2.34. The van der Waals surface area contributed by atoms with Crippen LogP contribution in [0.5, 0.6) is 5.75 Å². The van der Waals surface area contributed by atoms with E-state index in [4.69, 9.17) is 16.3 Å². The van der Waals surface area contributed by atoms with Crippen LogP contribution in [0.25, 0.3) is 0 Å². The second-order valence-electron chi connectivity index (χ2n) is 7.62. The molecule has 0 aromatic heterocycles. The molecule has 0 unspecified atom stereocenters. The summed E-state index contributed by atoms with van der Waals surface area (Å²) < 4.78 is 73.1. The molecule has 0 aliphatic heterocycles. The molecule has 0 spiro atoms. The lowest BCUT2D eigenvalue weighted by Crippen LogP contribution is -2.41. The van der Waals surface area contributed by atoms with Crippen molar-refractivity contribution in [3.05, 3.63) is 88.4 Å². The van der Waals surface area contributed by atoms with E-state index >= 15 is 0 Å². The number of alkyl halides is 3. The number of anilines is 1. The second kappa shape index (κ2) is 10.6. The molecule has 0 aliphatic carbocycles. The van der Waals surface area contributed by atoms with E-state index in [-0.39, 0.29) is 22.9 Å². The molecule has 0 saturated carbocycles. The number of sulfonamides is 1. The summed E-state index contributed by atoms with van der Waals surface area (Å²) >= 11 is 5.85. The molecular formula is C24H22ClF3N2O4S. The van der Waals surface area contributed by atoms with E-state index in [1.807, 2.05) is 0 Å². The van der Waals surface area contributed by atoms with Crippen molar-refractivity contribution in [1.29, 1.82) is 0 Å². The zero-order chi connectivity index (χ0) is 25.8. The highest BCUT2D eigenvalue weighted by Crippen LogP contribution is 2.35. The lowest BCUT2D eigenvalue weighted by Gasteiger charge is -2.26. The van der Waals surface area contributed by atoms with Gasteiger partial charge in [-0.15, -0.1) is 0 Å². The van der Waals surface area contributed by atoms with Crippen LogP contribution in [0.1, 0.15) is 16.7 Å². The molecule has 0 atom stereocenters. The second-order valence-corrected chi connectivity index (χ2v) is 9.88. The van der Waals surface area contributed by atoms with Gasteiger partial charge in [0.05, 0.1) is 18.4 Å². The maximum Gasteiger partial charge on any atom is 0.416 e. The number of benzene rings is 3. The third-order valence-corrected chi connectivity index (χ3v) is 7.09. The topological polar surface area (TPSA) is 75.7 Å². The Kier molecular flexibility index (Phi) is 7.97. The maximum absolute atomic E-state index is 13.6. The lowest BCUT2D eigenvalue weighted by atomic mass is 10.2. The molecule has 11 heteroatoms. The Morgan fingerprint density at radius 3 is 2.37 bits per heavy atom. The van der Waals surface area contributed by atoms with E-state index in [2.05, 4.69) is 5.32 Å². The summed E-state index contributed by atoms with van der Waals surface area (Å²) in [6, 6.07) is 14.8. The van der Waals surface area contributed by atoms with Crippen LogP contribution in [0, 0.1) is 6.92 Å². The third-order valence-electron chi connectivity index (χ3n) is 5.04. The van der Waals surface area contributed by atoms with Crippen molar-refractivity contribution in [3.63, 3.8) is 0 Å². The highest BCUT2D eigenvalue weighted by molar-refractivity contribution is 7.93. The van der Waals surface area contributed by atoms with Crippen LogP contribution in [0.15, 0.2) is 71.6 Å². The molecule has 1 N–H and O–H groups in total. The number of aryl methyl sites for hydroxylation is 1. The molecule has 3 aromatic rings. The van der Waals surface area contributed by atoms with Gasteiger partial charge in [-0.25, -0.2) is 8.42 Å². The van der Waals surface area contributed by atoms with Crippen LogP contribution in [-0.4, -0.2) is 28.0 Å². The Hall–Kier alpha value is -3.24. The van der Waals surface area contributed by atoms with Gasteiger partial charge in [0.1, 0.15) is 17.2 Å². The fourth-order valence-corrected chi connectivity index (χ4v) is 5.03. The van der Waals surface area contributed by atoms with Gasteiger partial charge in [-0.05, 0) is 60.5 Å². The number of nitrogens with one attached hydrogen (secondary N) is 1. The summed E-state index contributed by atoms with van der Waals surface area (Å²) in [6.07, 6.45) is -4.71. The minimum atomic E-state index is -4.71. The summed E-state index contributed by atoms with van der Waals surface area (Å²) in [7, 11) is -3.23. The van der Waals surface area contributed by atoms with Crippen molar-refractivity contribution >= 4 is 33.2 Å². The SMILES string of the molecule is COc1ccc(C)cc1S(=O)(=O)N(CC(=O)NCc1ccc(Cl)cc1)c1cccc(C(F)(F)F)c1. The van der Waals surface area contributed by atoms with Crippen LogP contribution in [0.3, 0.4) is 0 Å². The average molecular weight is 527 g/mol. The van der Waals surface area contributed by atoms with E-state index in [9.17, 15) is 26.4 Å². The monoisotopic (exact) mass is 526 g/mol. The standard InChI is InChI=1S/C24H22ClF3N2O4S/c1-16-6-11-21(34-2)22(12-16)35(32,33)30(20-5-3-4-18(13-20)24(26,27)28)15-23(31)29-14-17-7-9-19(25)10-8-17/h3-13H,14-15H2,1-2H3,(H,29,31). The number of carbonyl (C=O) groups is 1. The molecule has 3 rings (SSSR count). The smallest absolute Gasteiger partial charge is 0.416 e. The van der Waals surface area contributed by atoms with Gasteiger partial charge in [-0.2, -0.15) is 13.2 Å². The molecular weight excluding hydrogens is 505 g/mol. The van der Waals surface area contributed by atoms with Crippen molar-refractivity contribution in [2.75, 3.05) is 18.0 Å². The average Bonchev–Trinajstić information content (AvgIpc) is 2.81. The first-order valence-electron chi connectivity index (χ1n) is 10.3. The quantitative estimate of drug-likeness (QED) is 0.438. The van der Waals surface area contributed by atoms with Crippen molar-refractivity contribution < 1.29 is 31.1 Å². The van der Waals surface area contributed by atoms with Crippen molar-refractivity contribution in [2.24, 2.45) is 0 Å². The number of rotatable bonds is 8. The predicted molar refractivity (Wildman–Crippen MR) is 127 cm³/mol. The van der Waals surface area contributed by atoms with Crippen LogP contribution in [0.4, 0.5) is 18.9 Å². The maximum atomic E-state index is 13.6. The predicted octanol–water partition coefficient (Wildman–Crippen LogP) is 5.19. The number of nitrogens with zero attached hydrogens (tertiary/aromatic N) is 1. The van der Waals surface area contributed by atoms with Crippen molar-refractivity contribution in [1.82, 2.24) is 5.32 Å². The van der Waals surface area contributed by atoms with Crippen LogP contribution >= 0.6 is 11.6 Å². The number of ether oxygens (including phenoxy) is 1. The van der Waals surface area contributed by atoms with Gasteiger partial charge in [0.25, 0.3) is 10.0 Å². The van der Waals surface area contributed by atoms with E-state index in [0.29, 0.717) is 26.5 Å². The number of carbonyl (C=O) groups excluding carboxylic acids is 1. The molecule has 0 bridgehead atoms. The number of hydrogen-bond acceptors (Lipinski definition) is 4. The highest BCUT2D eigenvalue weighted by atomic mass is 35.5. The van der Waals surface area contributed by atoms with E-state index < -0.39 is 34.2 Å². The van der Waals surface area contributed by atoms with E-state index in [1.54, 1.807) is 37.3 Å². The van der Waals surface area contributed by atoms with Crippen molar-refractivity contribution in [2.45, 2.75) is 24.5 Å². The molecule has 35 heavy (non-hydrogen) atoms. The molecule has 3 aromatic carbocycles. The summed E-state index contributed by atoms with van der Waals surface area (Å²) in [6.45, 7) is 0.973. The minimum Gasteiger partial charge on any atom is -0.495 e. The van der Waals surface area contributed by atoms with Gasteiger partial charge in [-0.3, -0.25) is 9.10 Å². The molecule has 0 radical (unpaired) electrons. The van der Waals surface area contributed by atoms with Crippen molar-refractivity contribution in [3.8, 4) is 5.75 Å². The van der Waals surface area contributed by atoms with Gasteiger partial charge >= 0.3 is 6.18 Å². The molecule has 6 nitrogen and oxygen atoms in total. The molecule has 1 amide bonds. The fraction of sp³-hybridized carbons (Fsp3) is 0.208. The summed E-state index contributed by atoms with van der Waals surface area (Å²) in [4.78, 5) is 12.5. The zero-order valence-electron chi connectivity index (χ0n) is 18.8. The van der Waals surface area contributed by atoms with E-state index in [1.165, 1.54) is 25.3 Å². The number of hydrogen-bond donors (Lipinski definition) is 1. The van der Waals surface area contributed by atoms with Crippen LogP contribution in [0.2, 0.25) is 5.02 Å². The molecule has 0 fully saturated rings. The molecule has 0 saturated heterocycles. The Morgan fingerprint density at radius 2 is 1.74 bits per heavy atom. The molecule has 186 valence electrons. The van der Waals surface area contributed by atoms with Gasteiger partial charge in [0.15, 0.2) is 0 Å². The zero-order valence-corrected chi connectivity index (χ0v) is 20.3. The number of amides is 1. The normalized spacial score (nSPS) is 11.7. The minimum absolute atomic E-state index is 0.00542. The Morgan fingerprint density at radius 1 is 1.06 bits per heavy atom. The van der Waals surface area contributed by atoms with Gasteiger partial charge in [0.2, 0.25) is 5.91 Å². The largest absolute Gasteiger partial charge is 0.495 e. The number of methoxy groups -OCH3 is 1. The van der Waals surface area contributed by atoms with Gasteiger partial charge in [-0.1, -0.05) is 35.9 Å². The first-order chi connectivity index (χ1) is 16.4. The number of halogens is 4. The Bertz CT molecular complexity index is 1310. The lowest BCUT2D eigenvalue weighted by molar-refractivity contribution is -0.137. The Balaban J connectivity index is 2.00. The molecule has 0 heterocycles. The van der Waals surface area contributed by atoms with Gasteiger partial charge in [0, 0.05) is 11.6 Å². The summed E-state index contributed by atoms with van der Waals surface area (Å²) in [5.74, 6) is -0.721. The van der Waals surface area contributed by atoms with Gasteiger partial charge < -0.3 is 10.1 Å². The van der Waals surface area contributed by atoms with Crippen LogP contribution < -0.4 is 14.4 Å². The molecule has 0 aliphatic rings. The summed E-state index contributed by atoms with van der Waals surface area (Å²) in [5, 5.41) is 3.09. The first kappa shape index (κ1) is 26.4. The summed E-state index contributed by atoms with van der Waals surface area (Å²) in [5.41, 5.74) is -0.0739. The van der Waals surface area contributed by atoms with Crippen LogP contribution in [-0.2, 0) is 27.5 Å². The third kappa shape index (κ3) is 6.46. The Labute approximate surface area is 206 Å². The first-order valence-corrected chi connectivity index (χ1v) is 12.1. The fourth-order valence-electron chi connectivity index (χ4n) is 3.25. The van der Waals surface area contributed by atoms with E-state index in [0.717, 1.165) is 12.1 Å².